The Morgan fingerprint density at radius 3 is 2.81 bits per heavy atom. The first-order chi connectivity index (χ1) is 7.70. The van der Waals surface area contributed by atoms with Gasteiger partial charge in [0.05, 0.1) is 10.6 Å². The van der Waals surface area contributed by atoms with Crippen LogP contribution in [0.3, 0.4) is 0 Å². The maximum atomic E-state index is 13.2. The van der Waals surface area contributed by atoms with Crippen molar-refractivity contribution < 1.29 is 14.3 Å². The Kier molecular flexibility index (Phi) is 3.78. The predicted molar refractivity (Wildman–Crippen MR) is 61.0 cm³/mol. The molecule has 0 aliphatic heterocycles. The van der Waals surface area contributed by atoms with E-state index in [4.69, 9.17) is 9.94 Å². The second-order valence-electron chi connectivity index (χ2n) is 3.88. The van der Waals surface area contributed by atoms with Crippen LogP contribution in [0.4, 0.5) is 4.39 Å². The summed E-state index contributed by atoms with van der Waals surface area (Å²) in [6, 6.07) is 2.73. The van der Waals surface area contributed by atoms with Crippen molar-refractivity contribution >= 4 is 15.9 Å². The first-order valence-electron chi connectivity index (χ1n) is 5.22. The lowest BCUT2D eigenvalue weighted by atomic mass is 9.96. The molecular weight excluding hydrogens is 277 g/mol. The Bertz CT molecular complexity index is 382. The SMILES string of the molecule is ONCc1cc(F)cc(Br)c1OC1CCC1. The van der Waals surface area contributed by atoms with Gasteiger partial charge in [0.2, 0.25) is 0 Å². The smallest absolute Gasteiger partial charge is 0.138 e. The molecule has 1 aromatic rings. The summed E-state index contributed by atoms with van der Waals surface area (Å²) < 4.78 is 19.5. The third kappa shape index (κ3) is 2.53. The summed E-state index contributed by atoms with van der Waals surface area (Å²) in [7, 11) is 0. The van der Waals surface area contributed by atoms with Gasteiger partial charge in [-0.3, -0.25) is 0 Å². The van der Waals surface area contributed by atoms with Crippen LogP contribution in [0.15, 0.2) is 16.6 Å². The van der Waals surface area contributed by atoms with Gasteiger partial charge in [-0.1, -0.05) is 0 Å². The standard InChI is InChI=1S/C11H13BrFNO2/c12-10-5-8(13)4-7(6-14-15)11(10)16-9-2-1-3-9/h4-5,9,14-15H,1-3,6H2. The minimum absolute atomic E-state index is 0.165. The predicted octanol–water partition coefficient (Wildman–Crippen LogP) is 3.00. The molecule has 1 aromatic carbocycles. The van der Waals surface area contributed by atoms with Gasteiger partial charge in [0.15, 0.2) is 0 Å². The Labute approximate surface area is 102 Å². The maximum absolute atomic E-state index is 13.2. The summed E-state index contributed by atoms with van der Waals surface area (Å²) in [6.45, 7) is 0.165. The highest BCUT2D eigenvalue weighted by Gasteiger charge is 2.22. The largest absolute Gasteiger partial charge is 0.489 e. The van der Waals surface area contributed by atoms with E-state index in [2.05, 4.69) is 15.9 Å². The number of nitrogens with one attached hydrogen (secondary N) is 1. The molecule has 0 radical (unpaired) electrons. The highest BCUT2D eigenvalue weighted by atomic mass is 79.9. The highest BCUT2D eigenvalue weighted by molar-refractivity contribution is 9.10. The fourth-order valence-corrected chi connectivity index (χ4v) is 2.18. The first-order valence-corrected chi connectivity index (χ1v) is 6.01. The van der Waals surface area contributed by atoms with Crippen molar-refractivity contribution in [3.05, 3.63) is 28.0 Å². The summed E-state index contributed by atoms with van der Waals surface area (Å²) in [6.07, 6.45) is 3.47. The molecule has 0 atom stereocenters. The Morgan fingerprint density at radius 1 is 1.50 bits per heavy atom. The van der Waals surface area contributed by atoms with Gasteiger partial charge in [-0.05, 0) is 47.3 Å². The molecule has 0 heterocycles. The van der Waals surface area contributed by atoms with Gasteiger partial charge in [0.1, 0.15) is 11.6 Å². The summed E-state index contributed by atoms with van der Waals surface area (Å²) >= 11 is 3.28. The third-order valence-electron chi connectivity index (χ3n) is 2.69. The van der Waals surface area contributed by atoms with E-state index >= 15 is 0 Å². The van der Waals surface area contributed by atoms with E-state index in [1.54, 1.807) is 0 Å². The van der Waals surface area contributed by atoms with Crippen molar-refractivity contribution in [3.63, 3.8) is 0 Å². The van der Waals surface area contributed by atoms with Crippen molar-refractivity contribution in [2.45, 2.75) is 31.9 Å². The van der Waals surface area contributed by atoms with Crippen LogP contribution in [0.1, 0.15) is 24.8 Å². The molecule has 1 saturated carbocycles. The van der Waals surface area contributed by atoms with Gasteiger partial charge in [0, 0.05) is 12.1 Å². The number of hydrogen-bond donors (Lipinski definition) is 2. The fraction of sp³-hybridized carbons (Fsp3) is 0.455. The minimum atomic E-state index is -0.349. The van der Waals surface area contributed by atoms with Crippen LogP contribution in [-0.4, -0.2) is 11.3 Å². The molecule has 2 N–H and O–H groups in total. The number of benzene rings is 1. The van der Waals surface area contributed by atoms with Crippen LogP contribution in [-0.2, 0) is 6.54 Å². The summed E-state index contributed by atoms with van der Waals surface area (Å²) in [5, 5.41) is 8.69. The summed E-state index contributed by atoms with van der Waals surface area (Å²) in [4.78, 5) is 0. The zero-order chi connectivity index (χ0) is 11.5. The van der Waals surface area contributed by atoms with Crippen LogP contribution in [0.2, 0.25) is 0 Å². The average molecular weight is 290 g/mol. The molecule has 0 amide bonds. The Balaban J connectivity index is 2.24. The van der Waals surface area contributed by atoms with Crippen molar-refractivity contribution in [2.24, 2.45) is 0 Å². The zero-order valence-corrected chi connectivity index (χ0v) is 10.3. The molecule has 1 fully saturated rings. The molecule has 0 spiro atoms. The van der Waals surface area contributed by atoms with Crippen LogP contribution in [0, 0.1) is 5.82 Å². The Hall–Kier alpha value is -0.650. The van der Waals surface area contributed by atoms with E-state index in [-0.39, 0.29) is 18.5 Å². The van der Waals surface area contributed by atoms with Crippen molar-refractivity contribution in [3.8, 4) is 5.75 Å². The number of hydroxylamine groups is 1. The second kappa shape index (κ2) is 5.12. The first kappa shape index (κ1) is 11.8. The molecule has 16 heavy (non-hydrogen) atoms. The number of halogens is 2. The van der Waals surface area contributed by atoms with Gasteiger partial charge in [-0.15, -0.1) is 0 Å². The lowest BCUT2D eigenvalue weighted by Crippen LogP contribution is -2.25. The zero-order valence-electron chi connectivity index (χ0n) is 8.67. The molecule has 1 aliphatic carbocycles. The second-order valence-corrected chi connectivity index (χ2v) is 4.74. The fourth-order valence-electron chi connectivity index (χ4n) is 1.62. The molecule has 0 aromatic heterocycles. The lowest BCUT2D eigenvalue weighted by Gasteiger charge is -2.28. The van der Waals surface area contributed by atoms with E-state index < -0.39 is 0 Å². The van der Waals surface area contributed by atoms with E-state index in [0.717, 1.165) is 12.8 Å². The third-order valence-corrected chi connectivity index (χ3v) is 3.28. The molecule has 0 unspecified atom stereocenters. The normalized spacial score (nSPS) is 15.9. The van der Waals surface area contributed by atoms with Gasteiger partial charge >= 0.3 is 0 Å². The lowest BCUT2D eigenvalue weighted by molar-refractivity contribution is 0.114. The molecule has 2 rings (SSSR count). The minimum Gasteiger partial charge on any atom is -0.489 e. The summed E-state index contributed by atoms with van der Waals surface area (Å²) in [5.41, 5.74) is 2.63. The van der Waals surface area contributed by atoms with Crippen molar-refractivity contribution in [1.82, 2.24) is 5.48 Å². The van der Waals surface area contributed by atoms with Crippen LogP contribution < -0.4 is 10.2 Å². The Morgan fingerprint density at radius 2 is 2.25 bits per heavy atom. The van der Waals surface area contributed by atoms with Crippen LogP contribution in [0.25, 0.3) is 0 Å². The molecule has 5 heteroatoms. The average Bonchev–Trinajstić information content (AvgIpc) is 2.14. The van der Waals surface area contributed by atoms with Gasteiger partial charge in [0.25, 0.3) is 0 Å². The van der Waals surface area contributed by atoms with E-state index in [9.17, 15) is 4.39 Å². The van der Waals surface area contributed by atoms with E-state index in [0.29, 0.717) is 15.8 Å². The van der Waals surface area contributed by atoms with Crippen LogP contribution in [0.5, 0.6) is 5.75 Å². The molecule has 0 bridgehead atoms. The quantitative estimate of drug-likeness (QED) is 0.838. The molecular formula is C11H13BrFNO2. The molecule has 88 valence electrons. The van der Waals surface area contributed by atoms with E-state index in [1.165, 1.54) is 18.6 Å². The van der Waals surface area contributed by atoms with Crippen LogP contribution >= 0.6 is 15.9 Å². The number of rotatable bonds is 4. The van der Waals surface area contributed by atoms with Crippen molar-refractivity contribution in [2.75, 3.05) is 0 Å². The monoisotopic (exact) mass is 289 g/mol. The number of hydrogen-bond acceptors (Lipinski definition) is 3. The van der Waals surface area contributed by atoms with E-state index in [1.807, 2.05) is 5.48 Å². The van der Waals surface area contributed by atoms with Gasteiger partial charge in [-0.25, -0.2) is 9.87 Å². The highest BCUT2D eigenvalue weighted by Crippen LogP contribution is 2.34. The topological polar surface area (TPSA) is 41.5 Å². The molecule has 1 aliphatic rings. The van der Waals surface area contributed by atoms with Gasteiger partial charge in [-0.2, -0.15) is 0 Å². The number of ether oxygens (including phenoxy) is 1. The van der Waals surface area contributed by atoms with Crippen molar-refractivity contribution in [1.29, 1.82) is 0 Å². The maximum Gasteiger partial charge on any atom is 0.138 e. The van der Waals surface area contributed by atoms with Gasteiger partial charge < -0.3 is 9.94 Å². The molecule has 3 nitrogen and oxygen atoms in total. The molecule has 0 saturated heterocycles. The summed E-state index contributed by atoms with van der Waals surface area (Å²) in [5.74, 6) is 0.269.